The first kappa shape index (κ1) is 24.2. The number of hydrogen-bond donors (Lipinski definition) is 1. The van der Waals surface area contributed by atoms with E-state index in [0.29, 0.717) is 5.56 Å². The van der Waals surface area contributed by atoms with Gasteiger partial charge in [0.1, 0.15) is 17.5 Å². The second kappa shape index (κ2) is 9.37. The number of imidazole rings is 1. The molecular weight excluding hydrogens is 444 g/mol. The van der Waals surface area contributed by atoms with Crippen LogP contribution in [0.4, 0.5) is 0 Å². The van der Waals surface area contributed by atoms with Crippen molar-refractivity contribution in [3.63, 3.8) is 0 Å². The fourth-order valence-electron chi connectivity index (χ4n) is 4.32. The predicted molar refractivity (Wildman–Crippen MR) is 132 cm³/mol. The van der Waals surface area contributed by atoms with Gasteiger partial charge in [-0.25, -0.2) is 4.98 Å². The summed E-state index contributed by atoms with van der Waals surface area (Å²) in [5.74, 6) is -0.580. The lowest BCUT2D eigenvalue weighted by atomic mass is 10.1. The van der Waals surface area contributed by atoms with E-state index in [-0.39, 0.29) is 25.3 Å². The van der Waals surface area contributed by atoms with Crippen LogP contribution in [0.2, 0.25) is 0 Å². The molecule has 8 heteroatoms. The van der Waals surface area contributed by atoms with Gasteiger partial charge in [0, 0.05) is 42.9 Å². The van der Waals surface area contributed by atoms with Crippen LogP contribution < -0.4 is 5.73 Å². The number of hydrogen-bond acceptors (Lipinski definition) is 5. The Labute approximate surface area is 204 Å². The largest absolute Gasteiger partial charge is 0.460 e. The topological polar surface area (TPSA) is 108 Å². The third-order valence-electron chi connectivity index (χ3n) is 5.89. The number of nitrogens with two attached hydrogens (primary N) is 1. The van der Waals surface area contributed by atoms with Crippen molar-refractivity contribution in [3.8, 4) is 22.6 Å². The van der Waals surface area contributed by atoms with Crippen molar-refractivity contribution < 1.29 is 19.1 Å². The predicted octanol–water partition coefficient (Wildman–Crippen LogP) is 3.69. The lowest BCUT2D eigenvalue weighted by Gasteiger charge is -2.25. The van der Waals surface area contributed by atoms with Crippen LogP contribution in [0.1, 0.15) is 49.5 Å². The molecule has 0 bridgehead atoms. The Bertz CT molecular complexity index is 1270. The first-order valence-electron chi connectivity index (χ1n) is 11.6. The molecule has 1 aliphatic heterocycles. The number of primary amides is 1. The molecule has 2 amide bonds. The van der Waals surface area contributed by atoms with Crippen LogP contribution >= 0.6 is 0 Å². The summed E-state index contributed by atoms with van der Waals surface area (Å²) in [6.07, 6.45) is 2.07. The molecule has 35 heavy (non-hydrogen) atoms. The third-order valence-corrected chi connectivity index (χ3v) is 5.89. The van der Waals surface area contributed by atoms with Crippen molar-refractivity contribution in [2.45, 2.75) is 51.8 Å². The van der Waals surface area contributed by atoms with Crippen LogP contribution in [-0.2, 0) is 27.9 Å². The van der Waals surface area contributed by atoms with Crippen LogP contribution in [0.25, 0.3) is 22.6 Å². The fourth-order valence-corrected chi connectivity index (χ4v) is 4.32. The molecule has 0 spiro atoms. The van der Waals surface area contributed by atoms with Crippen molar-refractivity contribution >= 4 is 17.8 Å². The van der Waals surface area contributed by atoms with Gasteiger partial charge in [0.15, 0.2) is 0 Å². The van der Waals surface area contributed by atoms with Gasteiger partial charge in [-0.1, -0.05) is 36.4 Å². The number of esters is 1. The number of carbonyl (C=O) groups is 3. The van der Waals surface area contributed by atoms with Crippen molar-refractivity contribution in [3.05, 3.63) is 65.9 Å². The first-order valence-corrected chi connectivity index (χ1v) is 11.6. The molecular formula is C27H30N4O4. The van der Waals surface area contributed by atoms with Crippen LogP contribution in [0, 0.1) is 0 Å². The van der Waals surface area contributed by atoms with Gasteiger partial charge >= 0.3 is 5.97 Å². The Balaban J connectivity index is 1.54. The number of aromatic nitrogens is 2. The second-order valence-electron chi connectivity index (χ2n) is 9.77. The number of nitrogens with zero attached hydrogens (tertiary/aromatic N) is 3. The molecule has 1 aromatic heterocycles. The average molecular weight is 475 g/mol. The van der Waals surface area contributed by atoms with E-state index in [0.717, 1.165) is 28.2 Å². The number of amides is 2. The number of ether oxygens (including phenoxy) is 1. The van der Waals surface area contributed by atoms with Crippen molar-refractivity contribution in [2.75, 3.05) is 0 Å². The minimum atomic E-state index is -0.899. The Hall–Kier alpha value is -3.94. The van der Waals surface area contributed by atoms with Crippen LogP contribution in [0.3, 0.4) is 0 Å². The van der Waals surface area contributed by atoms with Crippen LogP contribution in [-0.4, -0.2) is 43.9 Å². The highest BCUT2D eigenvalue weighted by atomic mass is 16.6. The summed E-state index contributed by atoms with van der Waals surface area (Å²) in [6.45, 7) is 5.57. The number of carbonyl (C=O) groups excluding carboxylic acids is 3. The number of benzene rings is 2. The lowest BCUT2D eigenvalue weighted by molar-refractivity contribution is -0.155. The summed E-state index contributed by atoms with van der Waals surface area (Å²) in [4.78, 5) is 43.7. The van der Waals surface area contributed by atoms with E-state index in [1.807, 2.05) is 60.3 Å². The molecule has 3 aromatic rings. The van der Waals surface area contributed by atoms with Crippen molar-refractivity contribution in [1.29, 1.82) is 0 Å². The zero-order valence-electron chi connectivity index (χ0n) is 20.4. The molecule has 0 radical (unpaired) electrons. The zero-order valence-corrected chi connectivity index (χ0v) is 20.4. The molecule has 8 nitrogen and oxygen atoms in total. The van der Waals surface area contributed by atoms with Crippen LogP contribution in [0.5, 0.6) is 0 Å². The fraction of sp³-hybridized carbons (Fsp3) is 0.333. The smallest absolute Gasteiger partial charge is 0.306 e. The summed E-state index contributed by atoms with van der Waals surface area (Å²) in [5, 5.41) is 0. The first-order chi connectivity index (χ1) is 16.5. The summed E-state index contributed by atoms with van der Waals surface area (Å²) in [7, 11) is 1.93. The summed E-state index contributed by atoms with van der Waals surface area (Å²) >= 11 is 0. The van der Waals surface area contributed by atoms with Crippen LogP contribution in [0.15, 0.2) is 54.7 Å². The summed E-state index contributed by atoms with van der Waals surface area (Å²) in [6, 6.07) is 14.6. The zero-order chi connectivity index (χ0) is 25.3. The number of fused-ring (bicyclic) bond motifs is 1. The minimum absolute atomic E-state index is 0.00815. The molecule has 4 rings (SSSR count). The quantitative estimate of drug-likeness (QED) is 0.526. The van der Waals surface area contributed by atoms with E-state index >= 15 is 0 Å². The molecule has 0 saturated carbocycles. The van der Waals surface area contributed by atoms with Gasteiger partial charge in [-0.05, 0) is 44.9 Å². The normalized spacial score (nSPS) is 14.1. The van der Waals surface area contributed by atoms with E-state index in [9.17, 15) is 14.4 Å². The van der Waals surface area contributed by atoms with Gasteiger partial charge in [-0.2, -0.15) is 0 Å². The van der Waals surface area contributed by atoms with Gasteiger partial charge < -0.3 is 19.9 Å². The maximum absolute atomic E-state index is 13.1. The molecule has 0 fully saturated rings. The molecule has 0 aliphatic carbocycles. The monoisotopic (exact) mass is 474 g/mol. The highest BCUT2D eigenvalue weighted by molar-refractivity contribution is 6.01. The lowest BCUT2D eigenvalue weighted by Crippen LogP contribution is -2.45. The van der Waals surface area contributed by atoms with Gasteiger partial charge in [0.25, 0.3) is 5.91 Å². The maximum atomic E-state index is 13.1. The molecule has 1 aliphatic rings. The second-order valence-corrected chi connectivity index (χ2v) is 9.77. The van der Waals surface area contributed by atoms with E-state index in [1.54, 1.807) is 26.8 Å². The molecule has 0 saturated heterocycles. The summed E-state index contributed by atoms with van der Waals surface area (Å²) in [5.41, 5.74) is 9.06. The van der Waals surface area contributed by atoms with Crippen molar-refractivity contribution in [1.82, 2.24) is 14.5 Å². The van der Waals surface area contributed by atoms with E-state index in [4.69, 9.17) is 15.5 Å². The Morgan fingerprint density at radius 2 is 1.83 bits per heavy atom. The van der Waals surface area contributed by atoms with Gasteiger partial charge in [-0.3, -0.25) is 14.4 Å². The van der Waals surface area contributed by atoms with E-state index in [2.05, 4.69) is 0 Å². The van der Waals surface area contributed by atoms with Gasteiger partial charge in [0.2, 0.25) is 5.91 Å². The Morgan fingerprint density at radius 3 is 2.49 bits per heavy atom. The highest BCUT2D eigenvalue weighted by Crippen LogP contribution is 2.31. The molecule has 2 N–H and O–H groups in total. The number of aryl methyl sites for hydroxylation is 1. The summed E-state index contributed by atoms with van der Waals surface area (Å²) < 4.78 is 7.28. The molecule has 2 heterocycles. The standard InChI is InChI=1S/C27H30N4O4/c1-27(2,3)35-23(32)13-12-22(24(28)33)31-15-19-14-18(10-11-20(19)26(31)34)25-29-21(16-30(25)4)17-8-6-5-7-9-17/h5-11,14,16,22H,12-13,15H2,1-4H3,(H2,28,33). The number of rotatable bonds is 7. The molecule has 2 aromatic carbocycles. The van der Waals surface area contributed by atoms with E-state index in [1.165, 1.54) is 4.90 Å². The molecule has 1 unspecified atom stereocenters. The van der Waals surface area contributed by atoms with E-state index < -0.39 is 23.5 Å². The third kappa shape index (κ3) is 5.26. The van der Waals surface area contributed by atoms with Crippen molar-refractivity contribution in [2.24, 2.45) is 12.8 Å². The van der Waals surface area contributed by atoms with Gasteiger partial charge in [-0.15, -0.1) is 0 Å². The Morgan fingerprint density at radius 1 is 1.11 bits per heavy atom. The highest BCUT2D eigenvalue weighted by Gasteiger charge is 2.36. The minimum Gasteiger partial charge on any atom is -0.460 e. The molecule has 182 valence electrons. The van der Waals surface area contributed by atoms with Gasteiger partial charge in [0.05, 0.1) is 5.69 Å². The SMILES string of the molecule is Cn1cc(-c2ccccc2)nc1-c1ccc2c(c1)CN(C(CCC(=O)OC(C)(C)C)C(N)=O)C2=O. The average Bonchev–Trinajstić information content (AvgIpc) is 3.33. The Kier molecular flexibility index (Phi) is 6.47. The maximum Gasteiger partial charge on any atom is 0.306 e. The molecule has 1 atom stereocenters.